The first-order valence-corrected chi connectivity index (χ1v) is 2.06. The van der Waals surface area contributed by atoms with E-state index < -0.39 is 0 Å². The third-order valence-electron chi connectivity index (χ3n) is 0.391. The zero-order chi connectivity index (χ0) is 5.70. The molecular weight excluding hydrogens is 84.1 g/mol. The molecule has 0 aliphatic carbocycles. The molecule has 0 fully saturated rings. The fourth-order valence-electron chi connectivity index (χ4n) is 0.165. The van der Waals surface area contributed by atoms with Gasteiger partial charge in [0.25, 0.3) is 0 Å². The Kier molecular flexibility index (Phi) is 2.90. The molecule has 1 radical (unpaired) electrons. The molecule has 0 aromatic rings. The van der Waals surface area contributed by atoms with Gasteiger partial charge in [-0.1, -0.05) is 12.8 Å². The molecule has 0 rings (SSSR count). The lowest BCUT2D eigenvalue weighted by Crippen LogP contribution is -1.75. The first-order chi connectivity index (χ1) is 3.27. The summed E-state index contributed by atoms with van der Waals surface area (Å²) in [5, 5.41) is 0. The maximum atomic E-state index is 4.83. The Hall–Kier alpha value is -0.880. The van der Waals surface area contributed by atoms with Crippen molar-refractivity contribution >= 4 is 0 Å². The molecule has 0 N–H and O–H groups in total. The minimum Gasteiger partial charge on any atom is -0.106 e. The first kappa shape index (κ1) is 6.12. The lowest BCUT2D eigenvalue weighted by molar-refractivity contribution is 0.978. The predicted octanol–water partition coefficient (Wildman–Crippen LogP) is 1.09. The average Bonchev–Trinajstić information content (AvgIpc) is 1.61. The van der Waals surface area contributed by atoms with E-state index in [1.807, 2.05) is 6.92 Å². The highest BCUT2D eigenvalue weighted by atomic mass is 13.8. The van der Waals surface area contributed by atoms with Crippen molar-refractivity contribution in [1.29, 1.82) is 0 Å². The van der Waals surface area contributed by atoms with Gasteiger partial charge in [0, 0.05) is 5.92 Å². The molecule has 0 spiro atoms. The fraction of sp³-hybridized carbons (Fsp3) is 0.286. The summed E-state index contributed by atoms with van der Waals surface area (Å²) in [5.74, 6) is 7.51. The smallest absolute Gasteiger partial charge is 0.0185 e. The van der Waals surface area contributed by atoms with Crippen LogP contribution in [0.3, 0.4) is 0 Å². The van der Waals surface area contributed by atoms with Crippen molar-refractivity contribution in [3.05, 3.63) is 6.92 Å². The highest BCUT2D eigenvalue weighted by Gasteiger charge is 1.77. The van der Waals surface area contributed by atoms with Crippen LogP contribution in [0.2, 0.25) is 0 Å². The fourth-order valence-corrected chi connectivity index (χ4v) is 0.165. The quantitative estimate of drug-likeness (QED) is 0.391. The molecule has 0 aromatic carbocycles. The third-order valence-corrected chi connectivity index (χ3v) is 0.391. The highest BCUT2D eigenvalue weighted by molar-refractivity contribution is 5.22. The molecule has 0 amide bonds. The van der Waals surface area contributed by atoms with Crippen molar-refractivity contribution in [3.8, 4) is 24.2 Å². The van der Waals surface area contributed by atoms with Gasteiger partial charge in [-0.25, -0.2) is 0 Å². The van der Waals surface area contributed by atoms with Gasteiger partial charge in [0.05, 0.1) is 0 Å². The molecule has 0 heteroatoms. The molecule has 0 aliphatic heterocycles. The van der Waals surface area contributed by atoms with Crippen molar-refractivity contribution in [3.63, 3.8) is 0 Å². The summed E-state index contributed by atoms with van der Waals surface area (Å²) < 4.78 is 0. The van der Waals surface area contributed by atoms with Crippen LogP contribution in [0, 0.1) is 37.0 Å². The van der Waals surface area contributed by atoms with Crippen LogP contribution in [0.15, 0.2) is 0 Å². The SMILES string of the molecule is C#CC#CC([CH2])C. The third kappa shape index (κ3) is 5.12. The van der Waals surface area contributed by atoms with Gasteiger partial charge < -0.3 is 0 Å². The monoisotopic (exact) mass is 91.1 g/mol. The largest absolute Gasteiger partial charge is 0.106 e. The van der Waals surface area contributed by atoms with E-state index in [-0.39, 0.29) is 5.92 Å². The zero-order valence-electron chi connectivity index (χ0n) is 4.36. The Morgan fingerprint density at radius 1 is 1.71 bits per heavy atom. The molecule has 0 aromatic heterocycles. The summed E-state index contributed by atoms with van der Waals surface area (Å²) >= 11 is 0. The normalized spacial score (nSPS) is 6.57. The molecule has 35 valence electrons. The average molecular weight is 91.1 g/mol. The van der Waals surface area contributed by atoms with Crippen molar-refractivity contribution < 1.29 is 0 Å². The Morgan fingerprint density at radius 2 is 2.29 bits per heavy atom. The molecule has 0 heterocycles. The van der Waals surface area contributed by atoms with Crippen molar-refractivity contribution in [2.75, 3.05) is 0 Å². The lowest BCUT2D eigenvalue weighted by Gasteiger charge is -1.81. The van der Waals surface area contributed by atoms with E-state index in [1.165, 1.54) is 0 Å². The molecule has 1 atom stereocenters. The number of hydrogen-bond acceptors (Lipinski definition) is 0. The molecule has 0 aliphatic rings. The van der Waals surface area contributed by atoms with Gasteiger partial charge in [0.2, 0.25) is 0 Å². The summed E-state index contributed by atoms with van der Waals surface area (Å²) in [7, 11) is 0. The van der Waals surface area contributed by atoms with Gasteiger partial charge >= 0.3 is 0 Å². The predicted molar refractivity (Wildman–Crippen MR) is 31.1 cm³/mol. The van der Waals surface area contributed by atoms with Crippen LogP contribution in [0.5, 0.6) is 0 Å². The highest BCUT2D eigenvalue weighted by Crippen LogP contribution is 1.82. The summed E-state index contributed by atoms with van der Waals surface area (Å²) in [4.78, 5) is 0. The second kappa shape index (κ2) is 3.32. The summed E-state index contributed by atoms with van der Waals surface area (Å²) in [6, 6.07) is 0. The number of terminal acetylenes is 1. The van der Waals surface area contributed by atoms with Crippen LogP contribution < -0.4 is 0 Å². The molecule has 0 nitrogen and oxygen atoms in total. The van der Waals surface area contributed by atoms with Gasteiger partial charge in [-0.2, -0.15) is 0 Å². The van der Waals surface area contributed by atoms with Gasteiger partial charge in [-0.3, -0.25) is 0 Å². The van der Waals surface area contributed by atoms with E-state index in [2.05, 4.69) is 24.7 Å². The molecule has 1 unspecified atom stereocenters. The van der Waals surface area contributed by atoms with Crippen molar-refractivity contribution in [1.82, 2.24) is 0 Å². The molecule has 7 heavy (non-hydrogen) atoms. The Morgan fingerprint density at radius 3 is 2.43 bits per heavy atom. The minimum absolute atomic E-state index is 0.149. The van der Waals surface area contributed by atoms with Gasteiger partial charge in [-0.05, 0) is 18.8 Å². The minimum atomic E-state index is 0.149. The first-order valence-electron chi connectivity index (χ1n) is 2.06. The van der Waals surface area contributed by atoms with Gasteiger partial charge in [-0.15, -0.1) is 6.42 Å². The van der Waals surface area contributed by atoms with E-state index in [1.54, 1.807) is 0 Å². The van der Waals surface area contributed by atoms with E-state index in [0.29, 0.717) is 0 Å². The summed E-state index contributed by atoms with van der Waals surface area (Å²) in [5.41, 5.74) is 0. The van der Waals surface area contributed by atoms with Crippen LogP contribution in [0.25, 0.3) is 0 Å². The number of hydrogen-bond donors (Lipinski definition) is 0. The standard InChI is InChI=1S/C7H7/c1-4-5-6-7(2)3/h1,7H,2H2,3H3. The van der Waals surface area contributed by atoms with E-state index in [9.17, 15) is 0 Å². The van der Waals surface area contributed by atoms with Crippen LogP contribution >= 0.6 is 0 Å². The summed E-state index contributed by atoms with van der Waals surface area (Å²) in [6.07, 6.45) is 4.83. The van der Waals surface area contributed by atoms with E-state index in [4.69, 9.17) is 6.42 Å². The lowest BCUT2D eigenvalue weighted by atomic mass is 10.2. The maximum absolute atomic E-state index is 4.83. The van der Waals surface area contributed by atoms with Crippen LogP contribution in [-0.4, -0.2) is 0 Å². The number of rotatable bonds is 0. The Labute approximate surface area is 44.9 Å². The summed E-state index contributed by atoms with van der Waals surface area (Å²) in [6.45, 7) is 5.50. The molecular formula is C7H7. The Bertz CT molecular complexity index is 124. The maximum Gasteiger partial charge on any atom is 0.0185 e. The molecule has 0 saturated heterocycles. The van der Waals surface area contributed by atoms with E-state index >= 15 is 0 Å². The second-order valence-corrected chi connectivity index (χ2v) is 1.31. The van der Waals surface area contributed by atoms with Crippen LogP contribution in [0.4, 0.5) is 0 Å². The van der Waals surface area contributed by atoms with Gasteiger partial charge in [0.1, 0.15) is 0 Å². The topological polar surface area (TPSA) is 0 Å². The van der Waals surface area contributed by atoms with Crippen LogP contribution in [0.1, 0.15) is 6.92 Å². The molecule has 0 saturated carbocycles. The zero-order valence-corrected chi connectivity index (χ0v) is 4.36. The second-order valence-electron chi connectivity index (χ2n) is 1.31. The van der Waals surface area contributed by atoms with Crippen LogP contribution in [-0.2, 0) is 0 Å². The Balaban J connectivity index is 3.50. The van der Waals surface area contributed by atoms with E-state index in [0.717, 1.165) is 0 Å². The molecule has 0 bridgehead atoms. The van der Waals surface area contributed by atoms with Gasteiger partial charge in [0.15, 0.2) is 0 Å². The van der Waals surface area contributed by atoms with Crippen molar-refractivity contribution in [2.45, 2.75) is 6.92 Å². The van der Waals surface area contributed by atoms with Crippen molar-refractivity contribution in [2.24, 2.45) is 5.92 Å².